The number of halogens is 1. The van der Waals surface area contributed by atoms with Gasteiger partial charge >= 0.3 is 5.97 Å². The standard InChI is InChI=1S/C23H16ClNO4S2/c1-13-3-6-15(7-4-13)25-21(26)20(31-23(25)30)12-16-8-10-19(29-16)14-5-9-18(24)17(11-14)22(27)28-2/h3-12H,1-2H3/b20-12-. The molecule has 0 bridgehead atoms. The van der Waals surface area contributed by atoms with Crippen molar-refractivity contribution in [3.05, 3.63) is 81.4 Å². The van der Waals surface area contributed by atoms with E-state index < -0.39 is 5.97 Å². The van der Waals surface area contributed by atoms with Crippen LogP contribution >= 0.6 is 35.6 Å². The summed E-state index contributed by atoms with van der Waals surface area (Å²) in [5, 5.41) is 0.294. The lowest BCUT2D eigenvalue weighted by Gasteiger charge is -2.14. The molecule has 0 spiro atoms. The number of carbonyl (C=O) groups is 2. The quantitative estimate of drug-likeness (QED) is 0.261. The molecule has 0 atom stereocenters. The number of methoxy groups -OCH3 is 1. The number of rotatable bonds is 4. The average molecular weight is 470 g/mol. The van der Waals surface area contributed by atoms with Gasteiger partial charge in [-0.25, -0.2) is 4.79 Å². The largest absolute Gasteiger partial charge is 0.465 e. The summed E-state index contributed by atoms with van der Waals surface area (Å²) in [7, 11) is 1.29. The number of anilines is 1. The van der Waals surface area contributed by atoms with Crippen molar-refractivity contribution in [1.29, 1.82) is 0 Å². The van der Waals surface area contributed by atoms with Crippen LogP contribution in [0.2, 0.25) is 5.02 Å². The normalized spacial score (nSPS) is 15.1. The smallest absolute Gasteiger partial charge is 0.339 e. The second-order valence-corrected chi connectivity index (χ2v) is 8.82. The molecule has 1 aliphatic heterocycles. The summed E-state index contributed by atoms with van der Waals surface area (Å²) in [5.41, 5.74) is 2.74. The zero-order chi connectivity index (χ0) is 22.1. The van der Waals surface area contributed by atoms with Crippen LogP contribution in [0.3, 0.4) is 0 Å². The minimum absolute atomic E-state index is 0.198. The lowest BCUT2D eigenvalue weighted by atomic mass is 10.1. The molecular weight excluding hydrogens is 454 g/mol. The molecular formula is C23H16ClNO4S2. The van der Waals surface area contributed by atoms with E-state index in [2.05, 4.69) is 0 Å². The molecule has 1 fully saturated rings. The molecule has 1 saturated heterocycles. The zero-order valence-corrected chi connectivity index (χ0v) is 18.9. The molecule has 8 heteroatoms. The highest BCUT2D eigenvalue weighted by Crippen LogP contribution is 2.37. The summed E-state index contributed by atoms with van der Waals surface area (Å²) in [6.07, 6.45) is 1.66. The number of nitrogens with zero attached hydrogens (tertiary/aromatic N) is 1. The lowest BCUT2D eigenvalue weighted by Crippen LogP contribution is -2.27. The number of ether oxygens (including phenoxy) is 1. The van der Waals surface area contributed by atoms with E-state index >= 15 is 0 Å². The van der Waals surface area contributed by atoms with E-state index in [-0.39, 0.29) is 11.5 Å². The van der Waals surface area contributed by atoms with E-state index in [1.54, 1.807) is 36.4 Å². The highest BCUT2D eigenvalue weighted by Gasteiger charge is 2.33. The molecule has 0 saturated carbocycles. The van der Waals surface area contributed by atoms with Crippen LogP contribution < -0.4 is 4.90 Å². The first-order valence-electron chi connectivity index (χ1n) is 9.20. The number of aryl methyl sites for hydroxylation is 1. The van der Waals surface area contributed by atoms with Crippen LogP contribution in [0.4, 0.5) is 5.69 Å². The summed E-state index contributed by atoms with van der Waals surface area (Å²) >= 11 is 12.7. The minimum atomic E-state index is -0.529. The summed E-state index contributed by atoms with van der Waals surface area (Å²) in [6, 6.07) is 16.1. The number of amides is 1. The van der Waals surface area contributed by atoms with Crippen molar-refractivity contribution >= 4 is 63.5 Å². The van der Waals surface area contributed by atoms with Crippen molar-refractivity contribution in [3.63, 3.8) is 0 Å². The van der Waals surface area contributed by atoms with Gasteiger partial charge in [0.25, 0.3) is 5.91 Å². The van der Waals surface area contributed by atoms with E-state index in [0.29, 0.717) is 31.3 Å². The van der Waals surface area contributed by atoms with Crippen molar-refractivity contribution in [2.24, 2.45) is 0 Å². The van der Waals surface area contributed by atoms with Gasteiger partial charge in [-0.2, -0.15) is 0 Å². The maximum absolute atomic E-state index is 12.9. The Balaban J connectivity index is 1.60. The Morgan fingerprint density at radius 2 is 1.90 bits per heavy atom. The Bertz CT molecular complexity index is 1230. The van der Waals surface area contributed by atoms with E-state index in [9.17, 15) is 9.59 Å². The molecule has 3 aromatic rings. The molecule has 0 N–H and O–H groups in total. The summed E-state index contributed by atoms with van der Waals surface area (Å²) in [5.74, 6) is 0.297. The van der Waals surface area contributed by atoms with Crippen molar-refractivity contribution in [2.75, 3.05) is 12.0 Å². The molecule has 0 unspecified atom stereocenters. The molecule has 1 aromatic heterocycles. The third kappa shape index (κ3) is 4.30. The second kappa shape index (κ2) is 8.70. The van der Waals surface area contributed by atoms with Crippen molar-refractivity contribution < 1.29 is 18.7 Å². The average Bonchev–Trinajstić information content (AvgIpc) is 3.33. The fraction of sp³-hybridized carbons (Fsp3) is 0.0870. The van der Waals surface area contributed by atoms with Gasteiger partial charge in [-0.15, -0.1) is 0 Å². The molecule has 156 valence electrons. The second-order valence-electron chi connectivity index (χ2n) is 6.74. The third-order valence-electron chi connectivity index (χ3n) is 4.64. The van der Waals surface area contributed by atoms with Crippen molar-refractivity contribution in [1.82, 2.24) is 0 Å². The maximum Gasteiger partial charge on any atom is 0.339 e. The van der Waals surface area contributed by atoms with Crippen molar-refractivity contribution in [3.8, 4) is 11.3 Å². The Kier molecular flexibility index (Phi) is 6.00. The number of benzene rings is 2. The fourth-order valence-electron chi connectivity index (χ4n) is 3.04. The first-order chi connectivity index (χ1) is 14.9. The predicted molar refractivity (Wildman–Crippen MR) is 127 cm³/mol. The number of thiocarbonyl (C=S) groups is 1. The van der Waals surface area contributed by atoms with Crippen LogP contribution in [0.25, 0.3) is 17.4 Å². The summed E-state index contributed by atoms with van der Waals surface area (Å²) in [6.45, 7) is 1.98. The summed E-state index contributed by atoms with van der Waals surface area (Å²) in [4.78, 5) is 26.8. The number of thioether (sulfide) groups is 1. The summed E-state index contributed by atoms with van der Waals surface area (Å²) < 4.78 is 11.1. The van der Waals surface area contributed by atoms with Gasteiger partial charge in [0.15, 0.2) is 4.32 Å². The van der Waals surface area contributed by atoms with E-state index in [4.69, 9.17) is 33.0 Å². The minimum Gasteiger partial charge on any atom is -0.465 e. The van der Waals surface area contributed by atoms with Crippen molar-refractivity contribution in [2.45, 2.75) is 6.92 Å². The van der Waals surface area contributed by atoms with Crippen LogP contribution in [-0.4, -0.2) is 23.3 Å². The molecule has 0 radical (unpaired) electrons. The molecule has 2 aromatic carbocycles. The fourth-order valence-corrected chi connectivity index (χ4v) is 4.52. The molecule has 31 heavy (non-hydrogen) atoms. The number of furan rings is 1. The maximum atomic E-state index is 12.9. The van der Waals surface area contributed by atoms with Crippen LogP contribution in [0, 0.1) is 6.92 Å². The van der Waals surface area contributed by atoms with Gasteiger partial charge in [-0.3, -0.25) is 9.69 Å². The van der Waals surface area contributed by atoms with E-state index in [1.807, 2.05) is 31.2 Å². The van der Waals surface area contributed by atoms with Gasteiger partial charge in [-0.05, 0) is 49.4 Å². The molecule has 5 nitrogen and oxygen atoms in total. The van der Waals surface area contributed by atoms with Crippen LogP contribution in [0.1, 0.15) is 21.7 Å². The first-order valence-corrected chi connectivity index (χ1v) is 10.8. The van der Waals surface area contributed by atoms with Gasteiger partial charge in [-0.1, -0.05) is 53.3 Å². The van der Waals surface area contributed by atoms with Crippen LogP contribution in [-0.2, 0) is 9.53 Å². The molecule has 4 rings (SSSR count). The Labute approximate surface area is 193 Å². The number of hydrogen-bond donors (Lipinski definition) is 0. The molecule has 1 amide bonds. The zero-order valence-electron chi connectivity index (χ0n) is 16.5. The Morgan fingerprint density at radius 3 is 2.61 bits per heavy atom. The number of hydrogen-bond acceptors (Lipinski definition) is 6. The highest BCUT2D eigenvalue weighted by molar-refractivity contribution is 8.27. The van der Waals surface area contributed by atoms with Crippen LogP contribution in [0.15, 0.2) is 63.9 Å². The molecule has 0 aliphatic carbocycles. The lowest BCUT2D eigenvalue weighted by molar-refractivity contribution is -0.113. The molecule has 2 heterocycles. The predicted octanol–water partition coefficient (Wildman–Crippen LogP) is 6.10. The van der Waals surface area contributed by atoms with Crippen LogP contribution in [0.5, 0.6) is 0 Å². The van der Waals surface area contributed by atoms with Gasteiger partial charge in [0.05, 0.1) is 28.3 Å². The first kappa shape index (κ1) is 21.4. The highest BCUT2D eigenvalue weighted by atomic mass is 35.5. The number of carbonyl (C=O) groups excluding carboxylic acids is 2. The Hall–Kier alpha value is -2.87. The van der Waals surface area contributed by atoms with Gasteiger partial charge < -0.3 is 9.15 Å². The topological polar surface area (TPSA) is 59.8 Å². The Morgan fingerprint density at radius 1 is 1.16 bits per heavy atom. The SMILES string of the molecule is COC(=O)c1cc(-c2ccc(/C=C3\SC(=S)N(c4ccc(C)cc4)C3=O)o2)ccc1Cl. The molecule has 1 aliphatic rings. The van der Waals surface area contributed by atoms with Gasteiger partial charge in [0, 0.05) is 11.6 Å². The van der Waals surface area contributed by atoms with E-state index in [0.717, 1.165) is 11.3 Å². The third-order valence-corrected chi connectivity index (χ3v) is 6.27. The number of esters is 1. The van der Waals surface area contributed by atoms with E-state index in [1.165, 1.54) is 23.8 Å². The van der Waals surface area contributed by atoms with Gasteiger partial charge in [0.1, 0.15) is 11.5 Å². The van der Waals surface area contributed by atoms with Gasteiger partial charge in [0.2, 0.25) is 0 Å². The monoisotopic (exact) mass is 469 g/mol.